The van der Waals surface area contributed by atoms with Crippen molar-refractivity contribution in [2.75, 3.05) is 26.7 Å². The molecular formula is C17H21ClN4O. The average molecular weight is 333 g/mol. The number of aromatic amines is 1. The van der Waals surface area contributed by atoms with Gasteiger partial charge in [-0.15, -0.1) is 0 Å². The van der Waals surface area contributed by atoms with Crippen LogP contribution in [0.4, 0.5) is 0 Å². The lowest BCUT2D eigenvalue weighted by molar-refractivity contribution is 0.0668. The van der Waals surface area contributed by atoms with Crippen LogP contribution in [-0.4, -0.2) is 47.7 Å². The lowest BCUT2D eigenvalue weighted by Gasteiger charge is -2.32. The Labute approximate surface area is 141 Å². The summed E-state index contributed by atoms with van der Waals surface area (Å²) in [6.45, 7) is 2.54. The first-order chi connectivity index (χ1) is 11.2. The number of benzene rings is 1. The van der Waals surface area contributed by atoms with Crippen molar-refractivity contribution in [2.24, 2.45) is 5.92 Å². The van der Waals surface area contributed by atoms with E-state index in [1.54, 1.807) is 6.07 Å². The van der Waals surface area contributed by atoms with Crippen LogP contribution in [0.5, 0.6) is 0 Å². The van der Waals surface area contributed by atoms with Crippen molar-refractivity contribution in [1.29, 1.82) is 0 Å². The van der Waals surface area contributed by atoms with Gasteiger partial charge in [0, 0.05) is 18.7 Å². The molecule has 3 rings (SSSR count). The van der Waals surface area contributed by atoms with Crippen molar-refractivity contribution in [3.05, 3.63) is 41.0 Å². The van der Waals surface area contributed by atoms with Gasteiger partial charge in [-0.3, -0.25) is 9.89 Å². The Bertz CT molecular complexity index is 683. The van der Waals surface area contributed by atoms with Crippen LogP contribution < -0.4 is 5.32 Å². The second kappa shape index (κ2) is 7.15. The monoisotopic (exact) mass is 332 g/mol. The van der Waals surface area contributed by atoms with E-state index < -0.39 is 0 Å². The van der Waals surface area contributed by atoms with Crippen molar-refractivity contribution in [3.63, 3.8) is 0 Å². The highest BCUT2D eigenvalue weighted by molar-refractivity contribution is 6.33. The van der Waals surface area contributed by atoms with Crippen molar-refractivity contribution < 1.29 is 4.79 Å². The molecule has 0 spiro atoms. The summed E-state index contributed by atoms with van der Waals surface area (Å²) >= 11 is 6.19. The molecule has 1 amide bonds. The number of rotatable bonds is 4. The molecule has 2 heterocycles. The first kappa shape index (κ1) is 16.0. The Morgan fingerprint density at radius 3 is 3.09 bits per heavy atom. The molecule has 1 aromatic heterocycles. The zero-order chi connectivity index (χ0) is 16.2. The largest absolute Gasteiger partial charge is 0.337 e. The summed E-state index contributed by atoms with van der Waals surface area (Å²) in [6.07, 6.45) is 2.21. The fourth-order valence-electron chi connectivity index (χ4n) is 3.11. The standard InChI is InChI=1S/C17H21ClN4O/c1-19-10-12-5-4-8-22(11-12)17(23)16-9-15(20-21-16)13-6-2-3-7-14(13)18/h2-3,6-7,9,12,19H,4-5,8,10-11H2,1H3,(H,20,21). The number of carbonyl (C=O) groups excluding carboxylic acids is 1. The number of piperidine rings is 1. The van der Waals surface area contributed by atoms with Crippen LogP contribution in [0.1, 0.15) is 23.3 Å². The van der Waals surface area contributed by atoms with Crippen molar-refractivity contribution in [2.45, 2.75) is 12.8 Å². The van der Waals surface area contributed by atoms with Crippen LogP contribution in [0.25, 0.3) is 11.3 Å². The highest BCUT2D eigenvalue weighted by Gasteiger charge is 2.25. The molecule has 1 aromatic carbocycles. The second-order valence-electron chi connectivity index (χ2n) is 5.96. The molecule has 1 aliphatic rings. The van der Waals surface area contributed by atoms with Crippen LogP contribution in [0.15, 0.2) is 30.3 Å². The Morgan fingerprint density at radius 2 is 2.30 bits per heavy atom. The summed E-state index contributed by atoms with van der Waals surface area (Å²) in [6, 6.07) is 9.28. The Balaban J connectivity index is 1.75. The topological polar surface area (TPSA) is 61.0 Å². The molecular weight excluding hydrogens is 312 g/mol. The number of halogens is 1. The number of likely N-dealkylation sites (tertiary alicyclic amines) is 1. The Morgan fingerprint density at radius 1 is 1.48 bits per heavy atom. The predicted molar refractivity (Wildman–Crippen MR) is 91.6 cm³/mol. The molecule has 0 radical (unpaired) electrons. The number of H-pyrrole nitrogens is 1. The lowest BCUT2D eigenvalue weighted by atomic mass is 9.98. The van der Waals surface area contributed by atoms with E-state index in [4.69, 9.17) is 11.6 Å². The van der Waals surface area contributed by atoms with Crippen molar-refractivity contribution in [1.82, 2.24) is 20.4 Å². The highest BCUT2D eigenvalue weighted by Crippen LogP contribution is 2.27. The van der Waals surface area contributed by atoms with E-state index in [2.05, 4.69) is 15.5 Å². The van der Waals surface area contributed by atoms with Gasteiger partial charge in [-0.05, 0) is 44.5 Å². The molecule has 1 fully saturated rings. The molecule has 0 saturated carbocycles. The van der Waals surface area contributed by atoms with E-state index in [1.807, 2.05) is 36.2 Å². The summed E-state index contributed by atoms with van der Waals surface area (Å²) in [5.41, 5.74) is 2.05. The maximum atomic E-state index is 12.7. The molecule has 1 atom stereocenters. The molecule has 2 aromatic rings. The lowest BCUT2D eigenvalue weighted by Crippen LogP contribution is -2.42. The molecule has 122 valence electrons. The minimum atomic E-state index is 0.0107. The smallest absolute Gasteiger partial charge is 0.271 e. The Hall–Kier alpha value is -1.85. The third kappa shape index (κ3) is 3.57. The average Bonchev–Trinajstić information content (AvgIpc) is 3.05. The molecule has 2 N–H and O–H groups in total. The molecule has 5 nitrogen and oxygen atoms in total. The van der Waals surface area contributed by atoms with E-state index in [-0.39, 0.29) is 5.91 Å². The molecule has 6 heteroatoms. The maximum Gasteiger partial charge on any atom is 0.271 e. The fraction of sp³-hybridized carbons (Fsp3) is 0.412. The summed E-state index contributed by atoms with van der Waals surface area (Å²) in [7, 11) is 1.95. The summed E-state index contributed by atoms with van der Waals surface area (Å²) < 4.78 is 0. The van der Waals surface area contributed by atoms with Crippen molar-refractivity contribution in [3.8, 4) is 11.3 Å². The maximum absolute atomic E-state index is 12.7. The van der Waals surface area contributed by atoms with Crippen molar-refractivity contribution >= 4 is 17.5 Å². The number of amides is 1. The molecule has 0 bridgehead atoms. The van der Waals surface area contributed by atoms with E-state index in [9.17, 15) is 4.79 Å². The number of carbonyl (C=O) groups is 1. The van der Waals surface area contributed by atoms with Gasteiger partial charge in [0.25, 0.3) is 5.91 Å². The number of aromatic nitrogens is 2. The highest BCUT2D eigenvalue weighted by atomic mass is 35.5. The van der Waals surface area contributed by atoms with Gasteiger partial charge in [0.05, 0.1) is 10.7 Å². The van der Waals surface area contributed by atoms with Crippen LogP contribution >= 0.6 is 11.6 Å². The van der Waals surface area contributed by atoms with E-state index in [0.717, 1.165) is 31.6 Å². The SMILES string of the molecule is CNCC1CCCN(C(=O)c2cc(-c3ccccc3Cl)n[nH]2)C1. The Kier molecular flexibility index (Phi) is 4.98. The molecule has 23 heavy (non-hydrogen) atoms. The number of hydrogen-bond donors (Lipinski definition) is 2. The molecule has 0 aliphatic carbocycles. The number of nitrogens with zero attached hydrogens (tertiary/aromatic N) is 2. The quantitative estimate of drug-likeness (QED) is 0.905. The van der Waals surface area contributed by atoms with Gasteiger partial charge < -0.3 is 10.2 Å². The van der Waals surface area contributed by atoms with Gasteiger partial charge in [0.1, 0.15) is 5.69 Å². The zero-order valence-electron chi connectivity index (χ0n) is 13.2. The third-order valence-electron chi connectivity index (χ3n) is 4.26. The minimum absolute atomic E-state index is 0.0107. The zero-order valence-corrected chi connectivity index (χ0v) is 13.9. The number of hydrogen-bond acceptors (Lipinski definition) is 3. The summed E-state index contributed by atoms with van der Waals surface area (Å²) in [5.74, 6) is 0.528. The van der Waals surface area contributed by atoms with E-state index >= 15 is 0 Å². The normalized spacial score (nSPS) is 18.2. The summed E-state index contributed by atoms with van der Waals surface area (Å²) in [5, 5.41) is 10.9. The first-order valence-electron chi connectivity index (χ1n) is 7.93. The van der Waals surface area contributed by atoms with E-state index in [0.29, 0.717) is 22.3 Å². The number of nitrogens with one attached hydrogen (secondary N) is 2. The van der Waals surface area contributed by atoms with Gasteiger partial charge >= 0.3 is 0 Å². The van der Waals surface area contributed by atoms with Gasteiger partial charge in [0.2, 0.25) is 0 Å². The third-order valence-corrected chi connectivity index (χ3v) is 4.59. The fourth-order valence-corrected chi connectivity index (χ4v) is 3.35. The summed E-state index contributed by atoms with van der Waals surface area (Å²) in [4.78, 5) is 14.6. The second-order valence-corrected chi connectivity index (χ2v) is 6.37. The van der Waals surface area contributed by atoms with Crippen LogP contribution in [0.3, 0.4) is 0 Å². The van der Waals surface area contributed by atoms with Gasteiger partial charge in [-0.25, -0.2) is 0 Å². The predicted octanol–water partition coefficient (Wildman–Crippen LogP) is 2.80. The van der Waals surface area contributed by atoms with Crippen LogP contribution in [0.2, 0.25) is 5.02 Å². The van der Waals surface area contributed by atoms with Gasteiger partial charge in [0.15, 0.2) is 0 Å². The first-order valence-corrected chi connectivity index (χ1v) is 8.31. The van der Waals surface area contributed by atoms with Crippen LogP contribution in [0, 0.1) is 5.92 Å². The van der Waals surface area contributed by atoms with Gasteiger partial charge in [-0.2, -0.15) is 5.10 Å². The van der Waals surface area contributed by atoms with Gasteiger partial charge in [-0.1, -0.05) is 29.8 Å². The van der Waals surface area contributed by atoms with Crippen LogP contribution in [-0.2, 0) is 0 Å². The molecule has 1 unspecified atom stereocenters. The molecule has 1 aliphatic heterocycles. The van der Waals surface area contributed by atoms with E-state index in [1.165, 1.54) is 6.42 Å². The minimum Gasteiger partial charge on any atom is -0.337 e. The molecule has 1 saturated heterocycles.